The zero-order valence-corrected chi connectivity index (χ0v) is 16.0. The van der Waals surface area contributed by atoms with Crippen molar-refractivity contribution < 1.29 is 26.7 Å². The SMILES string of the molecule is O=C(c1c(F)c(F)c(F)c(F)c1F)N1CCc2ccccc2C1c1ccc(Cl)cc1. The van der Waals surface area contributed by atoms with Gasteiger partial charge in [0.05, 0.1) is 6.04 Å². The highest BCUT2D eigenvalue weighted by atomic mass is 35.5. The van der Waals surface area contributed by atoms with Crippen molar-refractivity contribution in [2.75, 3.05) is 6.54 Å². The van der Waals surface area contributed by atoms with Crippen LogP contribution < -0.4 is 0 Å². The van der Waals surface area contributed by atoms with E-state index >= 15 is 0 Å². The van der Waals surface area contributed by atoms with Crippen LogP contribution in [0.3, 0.4) is 0 Å². The molecule has 1 amide bonds. The molecule has 0 radical (unpaired) electrons. The van der Waals surface area contributed by atoms with Gasteiger partial charge in [-0.3, -0.25) is 4.79 Å². The van der Waals surface area contributed by atoms with E-state index in [1.54, 1.807) is 36.4 Å². The quantitative estimate of drug-likeness (QED) is 0.281. The number of carbonyl (C=O) groups is 1. The van der Waals surface area contributed by atoms with Gasteiger partial charge in [0.25, 0.3) is 5.91 Å². The Kier molecular flexibility index (Phi) is 5.24. The third-order valence-electron chi connectivity index (χ3n) is 5.15. The first-order valence-corrected chi connectivity index (χ1v) is 9.34. The van der Waals surface area contributed by atoms with Gasteiger partial charge in [-0.25, -0.2) is 22.0 Å². The molecule has 0 aromatic heterocycles. The normalized spacial score (nSPS) is 15.8. The zero-order chi connectivity index (χ0) is 21.6. The molecule has 2 nitrogen and oxygen atoms in total. The Morgan fingerprint density at radius 1 is 0.833 bits per heavy atom. The highest BCUT2D eigenvalue weighted by Gasteiger charge is 2.37. The van der Waals surface area contributed by atoms with E-state index < -0.39 is 46.6 Å². The third-order valence-corrected chi connectivity index (χ3v) is 5.41. The van der Waals surface area contributed by atoms with E-state index in [2.05, 4.69) is 0 Å². The zero-order valence-electron chi connectivity index (χ0n) is 15.2. The Morgan fingerprint density at radius 3 is 2.03 bits per heavy atom. The summed E-state index contributed by atoms with van der Waals surface area (Å²) >= 11 is 5.94. The summed E-state index contributed by atoms with van der Waals surface area (Å²) in [7, 11) is 0. The van der Waals surface area contributed by atoms with Crippen LogP contribution in [0, 0.1) is 29.1 Å². The van der Waals surface area contributed by atoms with Gasteiger partial charge in [-0.2, -0.15) is 0 Å². The van der Waals surface area contributed by atoms with Crippen LogP contribution in [-0.2, 0) is 6.42 Å². The number of benzene rings is 3. The lowest BCUT2D eigenvalue weighted by molar-refractivity contribution is 0.0681. The van der Waals surface area contributed by atoms with Crippen LogP contribution in [0.15, 0.2) is 48.5 Å². The van der Waals surface area contributed by atoms with Crippen molar-refractivity contribution in [3.8, 4) is 0 Å². The fraction of sp³-hybridized carbons (Fsp3) is 0.136. The number of halogens is 6. The van der Waals surface area contributed by atoms with Gasteiger partial charge in [0.2, 0.25) is 5.82 Å². The number of nitrogens with zero attached hydrogens (tertiary/aromatic N) is 1. The largest absolute Gasteiger partial charge is 0.327 e. The first-order chi connectivity index (χ1) is 14.3. The second kappa shape index (κ2) is 7.72. The van der Waals surface area contributed by atoms with Crippen LogP contribution in [0.5, 0.6) is 0 Å². The summed E-state index contributed by atoms with van der Waals surface area (Å²) in [5.41, 5.74) is 0.732. The minimum atomic E-state index is -2.31. The number of rotatable bonds is 2. The van der Waals surface area contributed by atoms with Gasteiger partial charge in [-0.15, -0.1) is 0 Å². The fourth-order valence-electron chi connectivity index (χ4n) is 3.73. The molecule has 1 aliphatic rings. The lowest BCUT2D eigenvalue weighted by Crippen LogP contribution is -2.41. The second-order valence-corrected chi connectivity index (χ2v) is 7.28. The molecule has 1 heterocycles. The van der Waals surface area contributed by atoms with E-state index in [1.165, 1.54) is 0 Å². The molecule has 3 aromatic carbocycles. The van der Waals surface area contributed by atoms with Gasteiger partial charge in [-0.05, 0) is 35.2 Å². The molecular formula is C22H13ClF5NO. The van der Waals surface area contributed by atoms with Gasteiger partial charge >= 0.3 is 0 Å². The van der Waals surface area contributed by atoms with E-state index in [-0.39, 0.29) is 6.54 Å². The van der Waals surface area contributed by atoms with E-state index in [9.17, 15) is 26.7 Å². The van der Waals surface area contributed by atoms with Crippen molar-refractivity contribution in [1.82, 2.24) is 4.90 Å². The molecule has 0 fully saturated rings. The maximum absolute atomic E-state index is 14.3. The van der Waals surface area contributed by atoms with Crippen molar-refractivity contribution in [3.05, 3.63) is 105 Å². The molecule has 154 valence electrons. The van der Waals surface area contributed by atoms with Gasteiger partial charge in [0.15, 0.2) is 23.3 Å². The maximum atomic E-state index is 14.3. The van der Waals surface area contributed by atoms with E-state index in [4.69, 9.17) is 11.6 Å². The molecule has 0 aliphatic carbocycles. The predicted octanol–water partition coefficient (Wildman–Crippen LogP) is 5.82. The summed E-state index contributed by atoms with van der Waals surface area (Å²) in [4.78, 5) is 14.2. The van der Waals surface area contributed by atoms with Gasteiger partial charge in [-0.1, -0.05) is 48.0 Å². The minimum Gasteiger partial charge on any atom is -0.327 e. The van der Waals surface area contributed by atoms with Crippen LogP contribution in [0.4, 0.5) is 22.0 Å². The number of fused-ring (bicyclic) bond motifs is 1. The van der Waals surface area contributed by atoms with Gasteiger partial charge in [0, 0.05) is 11.6 Å². The molecule has 0 bridgehead atoms. The van der Waals surface area contributed by atoms with Crippen LogP contribution >= 0.6 is 11.6 Å². The molecule has 1 unspecified atom stereocenters. The number of carbonyl (C=O) groups excluding carboxylic acids is 1. The van der Waals surface area contributed by atoms with Gasteiger partial charge in [0.1, 0.15) is 5.56 Å². The van der Waals surface area contributed by atoms with Crippen molar-refractivity contribution >= 4 is 17.5 Å². The minimum absolute atomic E-state index is 0.0304. The average molecular weight is 438 g/mol. The second-order valence-electron chi connectivity index (χ2n) is 6.85. The van der Waals surface area contributed by atoms with Crippen molar-refractivity contribution in [2.24, 2.45) is 0 Å². The first-order valence-electron chi connectivity index (χ1n) is 8.97. The van der Waals surface area contributed by atoms with E-state index in [1.807, 2.05) is 12.1 Å². The molecule has 0 saturated heterocycles. The van der Waals surface area contributed by atoms with Crippen LogP contribution in [0.2, 0.25) is 5.02 Å². The number of hydrogen-bond donors (Lipinski definition) is 0. The summed E-state index contributed by atoms with van der Waals surface area (Å²) < 4.78 is 69.4. The van der Waals surface area contributed by atoms with E-state index in [0.717, 1.165) is 10.5 Å². The molecule has 0 spiro atoms. The standard InChI is InChI=1S/C22H13ClF5NO/c23-13-7-5-12(6-8-13)21-14-4-2-1-3-11(14)9-10-29(21)22(30)15-16(24)18(26)20(28)19(27)17(15)25/h1-8,21H,9-10H2. The molecule has 4 rings (SSSR count). The summed E-state index contributed by atoms with van der Waals surface area (Å²) in [5.74, 6) is -12.2. The topological polar surface area (TPSA) is 20.3 Å². The highest BCUT2D eigenvalue weighted by Crippen LogP contribution is 2.37. The fourth-order valence-corrected chi connectivity index (χ4v) is 3.85. The Hall–Kier alpha value is -2.93. The van der Waals surface area contributed by atoms with Gasteiger partial charge < -0.3 is 4.90 Å². The lowest BCUT2D eigenvalue weighted by Gasteiger charge is -2.38. The molecule has 0 saturated carbocycles. The third kappa shape index (κ3) is 3.23. The first kappa shape index (κ1) is 20.3. The number of amides is 1. The van der Waals surface area contributed by atoms with Crippen molar-refractivity contribution in [1.29, 1.82) is 0 Å². The molecule has 3 aromatic rings. The molecule has 1 atom stereocenters. The monoisotopic (exact) mass is 437 g/mol. The Morgan fingerprint density at radius 2 is 1.40 bits per heavy atom. The van der Waals surface area contributed by atoms with Crippen molar-refractivity contribution in [3.63, 3.8) is 0 Å². The smallest absolute Gasteiger partial charge is 0.260 e. The molecular weight excluding hydrogens is 425 g/mol. The van der Waals surface area contributed by atoms with Crippen molar-refractivity contribution in [2.45, 2.75) is 12.5 Å². The molecule has 0 N–H and O–H groups in total. The summed E-state index contributed by atoms with van der Waals surface area (Å²) in [5, 5.41) is 0.445. The average Bonchev–Trinajstić information content (AvgIpc) is 2.76. The molecule has 1 aliphatic heterocycles. The summed E-state index contributed by atoms with van der Waals surface area (Å²) in [6.07, 6.45) is 0.363. The van der Waals surface area contributed by atoms with Crippen LogP contribution in [0.25, 0.3) is 0 Å². The highest BCUT2D eigenvalue weighted by molar-refractivity contribution is 6.30. The predicted molar refractivity (Wildman–Crippen MR) is 101 cm³/mol. The maximum Gasteiger partial charge on any atom is 0.260 e. The number of hydrogen-bond acceptors (Lipinski definition) is 1. The van der Waals surface area contributed by atoms with Crippen LogP contribution in [0.1, 0.15) is 33.1 Å². The lowest BCUT2D eigenvalue weighted by atomic mass is 9.87. The van der Waals surface area contributed by atoms with E-state index in [0.29, 0.717) is 22.6 Å². The Balaban J connectivity index is 1.87. The summed E-state index contributed by atoms with van der Waals surface area (Å²) in [6, 6.07) is 12.9. The Labute approximate surface area is 173 Å². The summed E-state index contributed by atoms with van der Waals surface area (Å²) in [6.45, 7) is 0.0304. The Bertz CT molecular complexity index is 1120. The molecule has 30 heavy (non-hydrogen) atoms. The molecule has 8 heteroatoms. The van der Waals surface area contributed by atoms with Crippen LogP contribution in [-0.4, -0.2) is 17.4 Å².